The van der Waals surface area contributed by atoms with Crippen molar-refractivity contribution in [2.24, 2.45) is 0 Å². The first kappa shape index (κ1) is 23.4. The van der Waals surface area contributed by atoms with Crippen LogP contribution in [0.25, 0.3) is 11.5 Å². The molecular formula is C18H10F6N2O5. The van der Waals surface area contributed by atoms with E-state index in [-0.39, 0.29) is 0 Å². The van der Waals surface area contributed by atoms with Crippen molar-refractivity contribution in [2.45, 2.75) is 12.4 Å². The number of nitrogens with zero attached hydrogens (tertiary/aromatic N) is 2. The molecule has 0 aliphatic rings. The Morgan fingerprint density at radius 1 is 0.742 bits per heavy atom. The first-order valence-electron chi connectivity index (χ1n) is 8.02. The van der Waals surface area contributed by atoms with Crippen LogP contribution in [0.4, 0.5) is 37.7 Å². The minimum atomic E-state index is -5.06. The highest BCUT2D eigenvalue weighted by Crippen LogP contribution is 2.34. The molecule has 7 nitrogen and oxygen atoms in total. The Hall–Kier alpha value is -3.90. The molecule has 2 aromatic rings. The van der Waals surface area contributed by atoms with E-state index in [0.717, 1.165) is 36.4 Å². The molecule has 0 heterocycles. The summed E-state index contributed by atoms with van der Waals surface area (Å²) in [5.74, 6) is -2.36. The fourth-order valence-corrected chi connectivity index (χ4v) is 2.30. The summed E-state index contributed by atoms with van der Waals surface area (Å²) in [4.78, 5) is 20.0. The highest BCUT2D eigenvalue weighted by atomic mass is 19.4. The molecule has 2 rings (SSSR count). The lowest BCUT2D eigenvalue weighted by Crippen LogP contribution is -2.08. The maximum atomic E-state index is 13.0. The van der Waals surface area contributed by atoms with Gasteiger partial charge in [-0.05, 0) is 0 Å². The van der Waals surface area contributed by atoms with Gasteiger partial charge in [0.25, 0.3) is 11.4 Å². The lowest BCUT2D eigenvalue weighted by atomic mass is 10.1. The van der Waals surface area contributed by atoms with Gasteiger partial charge in [0.15, 0.2) is 0 Å². The molecule has 0 amide bonds. The third kappa shape index (κ3) is 7.13. The van der Waals surface area contributed by atoms with Crippen molar-refractivity contribution in [1.82, 2.24) is 0 Å². The van der Waals surface area contributed by atoms with E-state index in [9.17, 15) is 46.6 Å². The zero-order valence-corrected chi connectivity index (χ0v) is 15.0. The molecule has 0 unspecified atom stereocenters. The molecule has 0 bridgehead atoms. The monoisotopic (exact) mass is 448 g/mol. The first-order chi connectivity index (χ1) is 14.2. The largest absolute Gasteiger partial charge is 0.456 e. The fourth-order valence-electron chi connectivity index (χ4n) is 2.30. The lowest BCUT2D eigenvalue weighted by molar-refractivity contribution is -0.385. The smallest absolute Gasteiger partial charge is 0.413 e. The minimum Gasteiger partial charge on any atom is -0.456 e. The Bertz CT molecular complexity index is 976. The Kier molecular flexibility index (Phi) is 6.68. The van der Waals surface area contributed by atoms with Crippen LogP contribution in [-0.2, 0) is 4.74 Å². The molecular weight excluding hydrogens is 438 g/mol. The number of halogens is 6. The second-order valence-electron chi connectivity index (χ2n) is 5.82. The molecule has 0 fully saturated rings. The van der Waals surface area contributed by atoms with Gasteiger partial charge in [0, 0.05) is 35.4 Å². The SMILES string of the molecule is O=[N+]([O-])c1cccc(C(=CC(F)(F)F)OC(=CC(F)(F)F)c2cccc([N+](=O)[O-])c2)c1. The zero-order valence-electron chi connectivity index (χ0n) is 15.0. The van der Waals surface area contributed by atoms with Gasteiger partial charge in [-0.3, -0.25) is 20.2 Å². The molecule has 2 aromatic carbocycles. The van der Waals surface area contributed by atoms with Crippen LogP contribution in [0.5, 0.6) is 0 Å². The van der Waals surface area contributed by atoms with Gasteiger partial charge in [-0.25, -0.2) is 0 Å². The molecule has 164 valence electrons. The standard InChI is InChI=1S/C18H10F6N2O5/c19-17(20,21)9-15(11-3-1-5-13(7-11)25(27)28)31-16(10-18(22,23)24)12-4-2-6-14(8-12)26(29)30/h1-10H. The van der Waals surface area contributed by atoms with Crippen molar-refractivity contribution in [2.75, 3.05) is 0 Å². The Morgan fingerprint density at radius 2 is 1.10 bits per heavy atom. The molecule has 31 heavy (non-hydrogen) atoms. The number of benzene rings is 2. The minimum absolute atomic E-state index is 0.479. The van der Waals surface area contributed by atoms with Crippen LogP contribution in [0.2, 0.25) is 0 Å². The quantitative estimate of drug-likeness (QED) is 0.233. The second kappa shape index (κ2) is 8.85. The van der Waals surface area contributed by atoms with Crippen molar-refractivity contribution in [3.63, 3.8) is 0 Å². The summed E-state index contributed by atoms with van der Waals surface area (Å²) in [6.45, 7) is 0. The molecule has 0 atom stereocenters. The third-order valence-corrected chi connectivity index (χ3v) is 3.49. The van der Waals surface area contributed by atoms with E-state index in [1.165, 1.54) is 0 Å². The summed E-state index contributed by atoms with van der Waals surface area (Å²) in [6.07, 6.45) is -11.1. The summed E-state index contributed by atoms with van der Waals surface area (Å²) in [7, 11) is 0. The number of allylic oxidation sites excluding steroid dienone is 2. The van der Waals surface area contributed by atoms with Gasteiger partial charge in [0.2, 0.25) is 0 Å². The molecule has 0 radical (unpaired) electrons. The van der Waals surface area contributed by atoms with Crippen molar-refractivity contribution in [3.8, 4) is 0 Å². The van der Waals surface area contributed by atoms with E-state index >= 15 is 0 Å². The molecule has 0 spiro atoms. The molecule has 0 aliphatic heterocycles. The average molecular weight is 448 g/mol. The predicted octanol–water partition coefficient (Wildman–Crippen LogP) is 6.03. The number of ether oxygens (including phenoxy) is 1. The number of alkyl halides is 6. The highest BCUT2D eigenvalue weighted by molar-refractivity contribution is 5.72. The van der Waals surface area contributed by atoms with Gasteiger partial charge in [-0.2, -0.15) is 26.3 Å². The zero-order chi connectivity index (χ0) is 23.4. The van der Waals surface area contributed by atoms with Crippen molar-refractivity contribution in [3.05, 3.63) is 92.0 Å². The highest BCUT2D eigenvalue weighted by Gasteiger charge is 2.30. The molecule has 0 saturated heterocycles. The molecule has 0 saturated carbocycles. The van der Waals surface area contributed by atoms with E-state index < -0.39 is 68.4 Å². The van der Waals surface area contributed by atoms with Gasteiger partial charge in [0.05, 0.1) is 22.0 Å². The fraction of sp³-hybridized carbons (Fsp3) is 0.111. The summed E-state index contributed by atoms with van der Waals surface area (Å²) >= 11 is 0. The van der Waals surface area contributed by atoms with Crippen molar-refractivity contribution < 1.29 is 40.9 Å². The second-order valence-corrected chi connectivity index (χ2v) is 5.82. The van der Waals surface area contributed by atoms with Crippen LogP contribution in [0.3, 0.4) is 0 Å². The van der Waals surface area contributed by atoms with Gasteiger partial charge >= 0.3 is 12.4 Å². The maximum absolute atomic E-state index is 13.0. The van der Waals surface area contributed by atoms with Crippen LogP contribution in [0, 0.1) is 20.2 Å². The average Bonchev–Trinajstić information content (AvgIpc) is 2.65. The Morgan fingerprint density at radius 3 is 1.39 bits per heavy atom. The van der Waals surface area contributed by atoms with E-state index in [1.807, 2.05) is 0 Å². The Balaban J connectivity index is 2.64. The Labute approximate surface area is 169 Å². The number of nitro benzene ring substituents is 2. The van der Waals surface area contributed by atoms with Crippen LogP contribution in [0.15, 0.2) is 60.7 Å². The topological polar surface area (TPSA) is 95.5 Å². The van der Waals surface area contributed by atoms with E-state index in [4.69, 9.17) is 4.74 Å². The van der Waals surface area contributed by atoms with Gasteiger partial charge in [0.1, 0.15) is 11.5 Å². The van der Waals surface area contributed by atoms with E-state index in [1.54, 1.807) is 0 Å². The summed E-state index contributed by atoms with van der Waals surface area (Å²) < 4.78 is 82.8. The van der Waals surface area contributed by atoms with Crippen LogP contribution in [0.1, 0.15) is 11.1 Å². The summed E-state index contributed by atoms with van der Waals surface area (Å²) in [6, 6.07) is 7.23. The molecule has 0 aliphatic carbocycles. The van der Waals surface area contributed by atoms with Crippen molar-refractivity contribution >= 4 is 22.9 Å². The number of hydrogen-bond donors (Lipinski definition) is 0. The van der Waals surface area contributed by atoms with Gasteiger partial charge in [-0.15, -0.1) is 0 Å². The van der Waals surface area contributed by atoms with Crippen LogP contribution >= 0.6 is 0 Å². The van der Waals surface area contributed by atoms with Crippen molar-refractivity contribution in [1.29, 1.82) is 0 Å². The number of non-ortho nitro benzene ring substituents is 2. The normalized spacial score (nSPS) is 13.1. The first-order valence-corrected chi connectivity index (χ1v) is 8.02. The number of nitro groups is 2. The molecule has 0 N–H and O–H groups in total. The predicted molar refractivity (Wildman–Crippen MR) is 95.3 cm³/mol. The van der Waals surface area contributed by atoms with E-state index in [2.05, 4.69) is 0 Å². The number of rotatable bonds is 6. The third-order valence-electron chi connectivity index (χ3n) is 3.49. The molecule has 13 heteroatoms. The van der Waals surface area contributed by atoms with Gasteiger partial charge in [-0.1, -0.05) is 24.3 Å². The summed E-state index contributed by atoms with van der Waals surface area (Å²) in [5, 5.41) is 21.8. The maximum Gasteiger partial charge on any atom is 0.413 e. The van der Waals surface area contributed by atoms with Gasteiger partial charge < -0.3 is 4.74 Å². The lowest BCUT2D eigenvalue weighted by Gasteiger charge is -2.16. The van der Waals surface area contributed by atoms with Crippen LogP contribution in [-0.4, -0.2) is 22.2 Å². The van der Waals surface area contributed by atoms with Crippen LogP contribution < -0.4 is 0 Å². The summed E-state index contributed by atoms with van der Waals surface area (Å²) in [5.41, 5.74) is -2.34. The van der Waals surface area contributed by atoms with E-state index in [0.29, 0.717) is 12.1 Å². The number of hydrogen-bond acceptors (Lipinski definition) is 5. The molecule has 0 aromatic heterocycles.